The van der Waals surface area contributed by atoms with E-state index in [1.54, 1.807) is 4.90 Å². The van der Waals surface area contributed by atoms with Gasteiger partial charge < -0.3 is 15.3 Å². The van der Waals surface area contributed by atoms with Gasteiger partial charge in [-0.15, -0.1) is 0 Å². The predicted octanol–water partition coefficient (Wildman–Crippen LogP) is 1.03. The molecular weight excluding hydrogens is 250 g/mol. The molecule has 1 aromatic rings. The van der Waals surface area contributed by atoms with Gasteiger partial charge in [0, 0.05) is 19.6 Å². The zero-order chi connectivity index (χ0) is 14.3. The Bertz CT molecular complexity index is 421. The second kappa shape index (κ2) is 7.47. The highest BCUT2D eigenvalue weighted by Gasteiger charge is 2.26. The van der Waals surface area contributed by atoms with Crippen molar-refractivity contribution in [3.8, 4) is 0 Å². The highest BCUT2D eigenvalue weighted by Crippen LogP contribution is 2.31. The van der Waals surface area contributed by atoms with Crippen molar-refractivity contribution in [2.24, 2.45) is 0 Å². The first kappa shape index (κ1) is 15.1. The second-order valence-corrected chi connectivity index (χ2v) is 3.89. The van der Waals surface area contributed by atoms with E-state index in [9.17, 15) is 10.1 Å². The molecular formula is C11H19N5O3. The third-order valence-corrected chi connectivity index (χ3v) is 2.49. The van der Waals surface area contributed by atoms with Gasteiger partial charge in [-0.05, 0) is 13.3 Å². The van der Waals surface area contributed by atoms with Gasteiger partial charge in [0.05, 0.1) is 11.5 Å². The Balaban J connectivity index is 3.23. The van der Waals surface area contributed by atoms with E-state index in [0.717, 1.165) is 6.42 Å². The maximum atomic E-state index is 11.2. The number of hydrogen-bond donors (Lipinski definition) is 2. The number of aliphatic hydroxyl groups excluding tert-OH is 1. The summed E-state index contributed by atoms with van der Waals surface area (Å²) >= 11 is 0. The number of nitro groups is 1. The van der Waals surface area contributed by atoms with Gasteiger partial charge in [-0.25, -0.2) is 9.97 Å². The molecule has 106 valence electrons. The van der Waals surface area contributed by atoms with Gasteiger partial charge in [0.15, 0.2) is 0 Å². The monoisotopic (exact) mass is 269 g/mol. The largest absolute Gasteiger partial charge is 0.395 e. The minimum atomic E-state index is -0.493. The summed E-state index contributed by atoms with van der Waals surface area (Å²) in [6.07, 6.45) is 2.10. The third kappa shape index (κ3) is 3.75. The molecule has 0 amide bonds. The maximum absolute atomic E-state index is 11.2. The van der Waals surface area contributed by atoms with Gasteiger partial charge in [-0.1, -0.05) is 6.92 Å². The molecule has 8 heteroatoms. The Kier molecular flexibility index (Phi) is 5.94. The summed E-state index contributed by atoms with van der Waals surface area (Å²) in [4.78, 5) is 20.3. The summed E-state index contributed by atoms with van der Waals surface area (Å²) in [5.74, 6) is 0.448. The van der Waals surface area contributed by atoms with E-state index < -0.39 is 4.92 Å². The number of nitrogens with zero attached hydrogens (tertiary/aromatic N) is 4. The highest BCUT2D eigenvalue weighted by atomic mass is 16.6. The quantitative estimate of drug-likeness (QED) is 0.536. The van der Waals surface area contributed by atoms with Crippen LogP contribution in [0, 0.1) is 10.1 Å². The van der Waals surface area contributed by atoms with Crippen molar-refractivity contribution < 1.29 is 10.0 Å². The molecule has 0 bridgehead atoms. The van der Waals surface area contributed by atoms with Crippen molar-refractivity contribution in [1.29, 1.82) is 0 Å². The minimum absolute atomic E-state index is 0.0856. The first-order valence-electron chi connectivity index (χ1n) is 6.24. The van der Waals surface area contributed by atoms with Gasteiger partial charge in [-0.3, -0.25) is 10.1 Å². The van der Waals surface area contributed by atoms with Crippen molar-refractivity contribution in [3.63, 3.8) is 0 Å². The molecule has 0 aliphatic rings. The van der Waals surface area contributed by atoms with Crippen molar-refractivity contribution in [3.05, 3.63) is 16.4 Å². The van der Waals surface area contributed by atoms with E-state index >= 15 is 0 Å². The number of anilines is 2. The van der Waals surface area contributed by atoms with Crippen molar-refractivity contribution >= 4 is 17.3 Å². The van der Waals surface area contributed by atoms with Crippen LogP contribution in [0.25, 0.3) is 0 Å². The van der Waals surface area contributed by atoms with E-state index in [4.69, 9.17) is 5.11 Å². The van der Waals surface area contributed by atoms with Crippen LogP contribution in [0.3, 0.4) is 0 Å². The number of aromatic nitrogens is 2. The number of rotatable bonds is 8. The summed E-state index contributed by atoms with van der Waals surface area (Å²) < 4.78 is 0. The Morgan fingerprint density at radius 3 is 2.68 bits per heavy atom. The number of hydrogen-bond acceptors (Lipinski definition) is 7. The molecule has 2 N–H and O–H groups in total. The molecule has 0 unspecified atom stereocenters. The van der Waals surface area contributed by atoms with E-state index in [-0.39, 0.29) is 23.9 Å². The van der Waals surface area contributed by atoms with Gasteiger partial charge in [0.25, 0.3) is 0 Å². The topological polar surface area (TPSA) is 104 Å². The smallest absolute Gasteiger partial charge is 0.353 e. The fraction of sp³-hybridized carbons (Fsp3) is 0.636. The summed E-state index contributed by atoms with van der Waals surface area (Å²) in [5.41, 5.74) is -0.147. The van der Waals surface area contributed by atoms with E-state index in [1.165, 1.54) is 6.33 Å². The Morgan fingerprint density at radius 1 is 1.42 bits per heavy atom. The van der Waals surface area contributed by atoms with Gasteiger partial charge >= 0.3 is 5.69 Å². The SMILES string of the molecule is CCCN(CCO)c1ncnc(NCC)c1[N+](=O)[O-]. The lowest BCUT2D eigenvalue weighted by molar-refractivity contribution is -0.383. The molecule has 0 spiro atoms. The molecule has 1 heterocycles. The van der Waals surface area contributed by atoms with Crippen molar-refractivity contribution in [2.45, 2.75) is 20.3 Å². The van der Waals surface area contributed by atoms with Gasteiger partial charge in [0.1, 0.15) is 6.33 Å². The Hall–Kier alpha value is -1.96. The van der Waals surface area contributed by atoms with Gasteiger partial charge in [-0.2, -0.15) is 0 Å². The molecule has 0 saturated heterocycles. The van der Waals surface area contributed by atoms with Gasteiger partial charge in [0.2, 0.25) is 11.6 Å². The highest BCUT2D eigenvalue weighted by molar-refractivity contribution is 5.70. The zero-order valence-corrected chi connectivity index (χ0v) is 11.2. The van der Waals surface area contributed by atoms with Crippen LogP contribution in [0.1, 0.15) is 20.3 Å². The summed E-state index contributed by atoms with van der Waals surface area (Å²) in [6, 6.07) is 0. The molecule has 0 radical (unpaired) electrons. The van der Waals surface area contributed by atoms with Crippen molar-refractivity contribution in [2.75, 3.05) is 36.5 Å². The molecule has 8 nitrogen and oxygen atoms in total. The Labute approximate surface area is 111 Å². The average molecular weight is 269 g/mol. The zero-order valence-electron chi connectivity index (χ0n) is 11.2. The molecule has 0 aromatic carbocycles. The number of nitrogens with one attached hydrogen (secondary N) is 1. The van der Waals surface area contributed by atoms with E-state index in [1.807, 2.05) is 13.8 Å². The lowest BCUT2D eigenvalue weighted by Gasteiger charge is -2.22. The second-order valence-electron chi connectivity index (χ2n) is 3.89. The van der Waals surface area contributed by atoms with Crippen LogP contribution >= 0.6 is 0 Å². The first-order chi connectivity index (χ1) is 9.15. The summed E-state index contributed by atoms with van der Waals surface area (Å²) in [7, 11) is 0. The number of aliphatic hydroxyl groups is 1. The minimum Gasteiger partial charge on any atom is -0.395 e. The van der Waals surface area contributed by atoms with Crippen LogP contribution in [0.15, 0.2) is 6.33 Å². The molecule has 19 heavy (non-hydrogen) atoms. The molecule has 0 saturated carbocycles. The molecule has 0 atom stereocenters. The van der Waals surface area contributed by atoms with Crippen LogP contribution in [-0.4, -0.2) is 46.2 Å². The summed E-state index contributed by atoms with van der Waals surface area (Å²) in [5, 5.41) is 23.1. The summed E-state index contributed by atoms with van der Waals surface area (Å²) in [6.45, 7) is 5.13. The first-order valence-corrected chi connectivity index (χ1v) is 6.24. The predicted molar refractivity (Wildman–Crippen MR) is 72.4 cm³/mol. The normalized spacial score (nSPS) is 10.3. The maximum Gasteiger partial charge on any atom is 0.353 e. The average Bonchev–Trinajstić information content (AvgIpc) is 2.38. The third-order valence-electron chi connectivity index (χ3n) is 2.49. The lowest BCUT2D eigenvalue weighted by atomic mass is 10.3. The molecule has 1 aromatic heterocycles. The van der Waals surface area contributed by atoms with Crippen molar-refractivity contribution in [1.82, 2.24) is 9.97 Å². The molecule has 0 fully saturated rings. The van der Waals surface area contributed by atoms with E-state index in [0.29, 0.717) is 19.6 Å². The van der Waals surface area contributed by atoms with Crippen LogP contribution in [0.4, 0.5) is 17.3 Å². The lowest BCUT2D eigenvalue weighted by Crippen LogP contribution is -2.29. The van der Waals surface area contributed by atoms with Crippen LogP contribution in [0.2, 0.25) is 0 Å². The molecule has 1 rings (SSSR count). The Morgan fingerprint density at radius 2 is 2.16 bits per heavy atom. The standard InChI is InChI=1S/C11H19N5O3/c1-3-5-15(6-7-17)11-9(16(18)19)10(12-4-2)13-8-14-11/h8,17H,3-7H2,1-2H3,(H,12,13,14). The molecule has 0 aliphatic heterocycles. The fourth-order valence-electron chi connectivity index (χ4n) is 1.78. The van der Waals surface area contributed by atoms with E-state index in [2.05, 4.69) is 15.3 Å². The van der Waals surface area contributed by atoms with Crippen LogP contribution in [0.5, 0.6) is 0 Å². The fourth-order valence-corrected chi connectivity index (χ4v) is 1.78. The van der Waals surface area contributed by atoms with Crippen LogP contribution in [-0.2, 0) is 0 Å². The van der Waals surface area contributed by atoms with Crippen LogP contribution < -0.4 is 10.2 Å². The molecule has 0 aliphatic carbocycles.